The first-order valence-corrected chi connectivity index (χ1v) is 6.50. The first kappa shape index (κ1) is 11.7. The van der Waals surface area contributed by atoms with Gasteiger partial charge in [0.25, 0.3) is 0 Å². The fourth-order valence-corrected chi connectivity index (χ4v) is 1.41. The SMILES string of the molecule is CNc1nccc(NCCS(C)(=O)=O)n1. The Morgan fingerprint density at radius 3 is 2.80 bits per heavy atom. The van der Waals surface area contributed by atoms with Crippen molar-refractivity contribution in [1.29, 1.82) is 0 Å². The van der Waals surface area contributed by atoms with E-state index in [9.17, 15) is 8.42 Å². The van der Waals surface area contributed by atoms with Crippen molar-refractivity contribution in [2.75, 3.05) is 36.2 Å². The summed E-state index contributed by atoms with van der Waals surface area (Å²) in [4.78, 5) is 8.02. The largest absolute Gasteiger partial charge is 0.369 e. The van der Waals surface area contributed by atoms with Crippen molar-refractivity contribution in [1.82, 2.24) is 9.97 Å². The van der Waals surface area contributed by atoms with Gasteiger partial charge in [0.2, 0.25) is 5.95 Å². The average molecular weight is 230 g/mol. The minimum Gasteiger partial charge on any atom is -0.369 e. The summed E-state index contributed by atoms with van der Waals surface area (Å²) in [5.74, 6) is 1.20. The van der Waals surface area contributed by atoms with E-state index in [1.807, 2.05) is 0 Å². The molecule has 0 fully saturated rings. The molecule has 0 radical (unpaired) electrons. The molecule has 6 nitrogen and oxygen atoms in total. The summed E-state index contributed by atoms with van der Waals surface area (Å²) >= 11 is 0. The third-order valence-electron chi connectivity index (χ3n) is 1.66. The Balaban J connectivity index is 2.51. The Labute approximate surface area is 89.1 Å². The van der Waals surface area contributed by atoms with E-state index in [2.05, 4.69) is 20.6 Å². The van der Waals surface area contributed by atoms with Gasteiger partial charge in [-0.2, -0.15) is 4.98 Å². The Hall–Kier alpha value is -1.37. The Kier molecular flexibility index (Phi) is 3.84. The molecule has 0 aliphatic heterocycles. The minimum atomic E-state index is -2.93. The highest BCUT2D eigenvalue weighted by molar-refractivity contribution is 7.90. The molecule has 0 saturated heterocycles. The van der Waals surface area contributed by atoms with Crippen molar-refractivity contribution in [2.24, 2.45) is 0 Å². The smallest absolute Gasteiger partial charge is 0.224 e. The molecular weight excluding hydrogens is 216 g/mol. The normalized spacial score (nSPS) is 11.1. The summed E-state index contributed by atoms with van der Waals surface area (Å²) in [6, 6.07) is 1.68. The van der Waals surface area contributed by atoms with Gasteiger partial charge in [0.15, 0.2) is 0 Å². The van der Waals surface area contributed by atoms with E-state index in [0.29, 0.717) is 18.3 Å². The minimum absolute atomic E-state index is 0.0892. The highest BCUT2D eigenvalue weighted by atomic mass is 32.2. The van der Waals surface area contributed by atoms with Gasteiger partial charge < -0.3 is 10.6 Å². The van der Waals surface area contributed by atoms with Crippen LogP contribution in [0.2, 0.25) is 0 Å². The molecule has 0 spiro atoms. The zero-order valence-electron chi connectivity index (χ0n) is 8.69. The van der Waals surface area contributed by atoms with Crippen LogP contribution >= 0.6 is 0 Å². The summed E-state index contributed by atoms with van der Waals surface area (Å²) in [7, 11) is -1.21. The molecule has 15 heavy (non-hydrogen) atoms. The maximum atomic E-state index is 10.9. The van der Waals surface area contributed by atoms with E-state index in [-0.39, 0.29) is 5.75 Å². The van der Waals surface area contributed by atoms with Crippen molar-refractivity contribution in [3.05, 3.63) is 12.3 Å². The van der Waals surface area contributed by atoms with Crippen LogP contribution in [0.1, 0.15) is 0 Å². The molecule has 0 saturated carbocycles. The molecule has 0 aromatic carbocycles. The van der Waals surface area contributed by atoms with Crippen LogP contribution in [-0.4, -0.2) is 44.0 Å². The highest BCUT2D eigenvalue weighted by Gasteiger charge is 2.02. The maximum absolute atomic E-state index is 10.9. The lowest BCUT2D eigenvalue weighted by Crippen LogP contribution is -2.15. The van der Waals surface area contributed by atoms with Gasteiger partial charge in [-0.1, -0.05) is 0 Å². The van der Waals surface area contributed by atoms with Crippen molar-refractivity contribution in [2.45, 2.75) is 0 Å². The molecule has 7 heteroatoms. The monoisotopic (exact) mass is 230 g/mol. The number of nitrogens with one attached hydrogen (secondary N) is 2. The summed E-state index contributed by atoms with van der Waals surface area (Å²) in [6.07, 6.45) is 2.80. The van der Waals surface area contributed by atoms with Crippen LogP contribution in [0.5, 0.6) is 0 Å². The van der Waals surface area contributed by atoms with Gasteiger partial charge in [0, 0.05) is 26.0 Å². The summed E-state index contributed by atoms with van der Waals surface area (Å²) in [6.45, 7) is 0.346. The van der Waals surface area contributed by atoms with Crippen molar-refractivity contribution >= 4 is 21.6 Å². The van der Waals surface area contributed by atoms with Crippen LogP contribution in [0.15, 0.2) is 12.3 Å². The molecule has 0 aliphatic carbocycles. The number of anilines is 2. The Morgan fingerprint density at radius 1 is 1.47 bits per heavy atom. The third-order valence-corrected chi connectivity index (χ3v) is 2.60. The highest BCUT2D eigenvalue weighted by Crippen LogP contribution is 2.04. The lowest BCUT2D eigenvalue weighted by molar-refractivity contribution is 0.602. The second-order valence-electron chi connectivity index (χ2n) is 3.07. The van der Waals surface area contributed by atoms with Crippen LogP contribution < -0.4 is 10.6 Å². The van der Waals surface area contributed by atoms with Crippen LogP contribution in [0.25, 0.3) is 0 Å². The molecule has 0 bridgehead atoms. The van der Waals surface area contributed by atoms with Gasteiger partial charge in [0.05, 0.1) is 5.75 Å². The number of hydrogen-bond acceptors (Lipinski definition) is 6. The van der Waals surface area contributed by atoms with Gasteiger partial charge in [-0.05, 0) is 6.07 Å². The number of nitrogens with zero attached hydrogens (tertiary/aromatic N) is 2. The Morgan fingerprint density at radius 2 is 2.20 bits per heavy atom. The average Bonchev–Trinajstić information content (AvgIpc) is 2.16. The number of rotatable bonds is 5. The third kappa shape index (κ3) is 4.59. The molecule has 0 atom stereocenters. The summed E-state index contributed by atoms with van der Waals surface area (Å²) in [5, 5.41) is 5.70. The van der Waals surface area contributed by atoms with Crippen molar-refractivity contribution < 1.29 is 8.42 Å². The Bertz CT molecular complexity index is 418. The molecule has 0 aliphatic rings. The summed E-state index contributed by atoms with van der Waals surface area (Å²) < 4.78 is 21.7. The van der Waals surface area contributed by atoms with Gasteiger partial charge >= 0.3 is 0 Å². The fraction of sp³-hybridized carbons (Fsp3) is 0.500. The number of hydrogen-bond donors (Lipinski definition) is 2. The molecule has 1 heterocycles. The zero-order valence-corrected chi connectivity index (χ0v) is 9.50. The lowest BCUT2D eigenvalue weighted by Gasteiger charge is -2.05. The molecule has 0 unspecified atom stereocenters. The fourth-order valence-electron chi connectivity index (χ4n) is 0.942. The molecule has 1 rings (SSSR count). The quantitative estimate of drug-likeness (QED) is 0.739. The second-order valence-corrected chi connectivity index (χ2v) is 5.33. The topological polar surface area (TPSA) is 84.0 Å². The van der Waals surface area contributed by atoms with E-state index >= 15 is 0 Å². The molecule has 2 N–H and O–H groups in total. The van der Waals surface area contributed by atoms with Crippen LogP contribution in [0.4, 0.5) is 11.8 Å². The van der Waals surface area contributed by atoms with E-state index in [1.165, 1.54) is 6.26 Å². The van der Waals surface area contributed by atoms with Crippen molar-refractivity contribution in [3.8, 4) is 0 Å². The predicted octanol–water partition coefficient (Wildman–Crippen LogP) is -0.0252. The van der Waals surface area contributed by atoms with Crippen molar-refractivity contribution in [3.63, 3.8) is 0 Å². The predicted molar refractivity (Wildman–Crippen MR) is 59.8 cm³/mol. The van der Waals surface area contributed by atoms with Gasteiger partial charge in [-0.15, -0.1) is 0 Å². The number of aromatic nitrogens is 2. The standard InChI is InChI=1S/C8H14N4O2S/c1-9-8-11-4-3-7(12-8)10-5-6-15(2,13)14/h3-4H,5-6H2,1-2H3,(H2,9,10,11,12). The van der Waals surface area contributed by atoms with Crippen LogP contribution in [0, 0.1) is 0 Å². The molecular formula is C8H14N4O2S. The van der Waals surface area contributed by atoms with Crippen LogP contribution in [0.3, 0.4) is 0 Å². The van der Waals surface area contributed by atoms with Gasteiger partial charge in [0.1, 0.15) is 15.7 Å². The molecule has 1 aromatic heterocycles. The van der Waals surface area contributed by atoms with E-state index in [4.69, 9.17) is 0 Å². The first-order valence-electron chi connectivity index (χ1n) is 4.43. The molecule has 84 valence electrons. The van der Waals surface area contributed by atoms with E-state index in [1.54, 1.807) is 19.3 Å². The second kappa shape index (κ2) is 4.92. The number of sulfone groups is 1. The van der Waals surface area contributed by atoms with Gasteiger partial charge in [-0.25, -0.2) is 13.4 Å². The zero-order chi connectivity index (χ0) is 11.3. The lowest BCUT2D eigenvalue weighted by atomic mass is 10.5. The molecule has 1 aromatic rings. The summed E-state index contributed by atoms with van der Waals surface area (Å²) in [5.41, 5.74) is 0. The first-order chi connectivity index (χ1) is 7.01. The van der Waals surface area contributed by atoms with E-state index < -0.39 is 9.84 Å². The maximum Gasteiger partial charge on any atom is 0.224 e. The van der Waals surface area contributed by atoms with E-state index in [0.717, 1.165) is 0 Å². The molecule has 0 amide bonds. The van der Waals surface area contributed by atoms with Gasteiger partial charge in [-0.3, -0.25) is 0 Å². The van der Waals surface area contributed by atoms with Crippen LogP contribution in [-0.2, 0) is 9.84 Å².